The molecule has 0 aliphatic carbocycles. The van der Waals surface area contributed by atoms with Crippen LogP contribution in [0.5, 0.6) is 5.75 Å². The van der Waals surface area contributed by atoms with Crippen molar-refractivity contribution in [2.75, 3.05) is 5.32 Å². The number of carbonyl (C=O) groups is 2. The van der Waals surface area contributed by atoms with Gasteiger partial charge in [0, 0.05) is 16.8 Å². The van der Waals surface area contributed by atoms with Gasteiger partial charge in [0.25, 0.3) is 0 Å². The first-order valence-electron chi connectivity index (χ1n) is 10.2. The molecule has 9 heteroatoms. The molecule has 0 aliphatic rings. The summed E-state index contributed by atoms with van der Waals surface area (Å²) in [5.74, 6) is 0.00189. The molecule has 0 radical (unpaired) electrons. The molecule has 8 nitrogen and oxygen atoms in total. The van der Waals surface area contributed by atoms with Crippen molar-refractivity contribution < 1.29 is 19.4 Å². The van der Waals surface area contributed by atoms with Crippen molar-refractivity contribution in [1.82, 2.24) is 10.6 Å². The molecule has 0 aliphatic heterocycles. The average molecular weight is 461 g/mol. The minimum Gasteiger partial charge on any atom is -0.491 e. The first-order valence-corrected chi connectivity index (χ1v) is 10.6. The second-order valence-corrected chi connectivity index (χ2v) is 8.10. The highest BCUT2D eigenvalue weighted by Gasteiger charge is 2.13. The molecule has 0 fully saturated rings. The van der Waals surface area contributed by atoms with E-state index in [1.165, 1.54) is 0 Å². The van der Waals surface area contributed by atoms with Crippen molar-refractivity contribution in [3.8, 4) is 5.75 Å². The Hall–Kier alpha value is -3.26. The monoisotopic (exact) mass is 460 g/mol. The van der Waals surface area contributed by atoms with Gasteiger partial charge in [-0.1, -0.05) is 23.7 Å². The number of carboxylic acids is 1. The Balaban J connectivity index is 2.16. The molecule has 0 unspecified atom stereocenters. The lowest BCUT2D eigenvalue weighted by molar-refractivity contribution is -0.137. The Morgan fingerprint density at radius 3 is 2.41 bits per heavy atom. The predicted octanol–water partition coefficient (Wildman–Crippen LogP) is 4.57. The molecular weight excluding hydrogens is 432 g/mol. The second kappa shape index (κ2) is 12.0. The Kier molecular flexibility index (Phi) is 9.34. The number of anilines is 1. The van der Waals surface area contributed by atoms with Crippen molar-refractivity contribution in [3.05, 3.63) is 58.6 Å². The summed E-state index contributed by atoms with van der Waals surface area (Å²) in [6, 6.07) is 11.7. The maximum absolute atomic E-state index is 12.4. The van der Waals surface area contributed by atoms with E-state index in [1.807, 2.05) is 51.1 Å². The van der Waals surface area contributed by atoms with Gasteiger partial charge in [-0.15, -0.1) is 0 Å². The summed E-state index contributed by atoms with van der Waals surface area (Å²) in [4.78, 5) is 27.7. The summed E-state index contributed by atoms with van der Waals surface area (Å²) < 4.78 is 5.76. The highest BCUT2D eigenvalue weighted by atomic mass is 35.5. The van der Waals surface area contributed by atoms with Gasteiger partial charge < -0.3 is 20.5 Å². The number of hydrogen-bond donors (Lipinski definition) is 4. The molecule has 0 bridgehead atoms. The maximum atomic E-state index is 12.4. The second-order valence-electron chi connectivity index (χ2n) is 7.66. The fraction of sp³-hybridized carbons (Fsp3) is 0.348. The third-order valence-electron chi connectivity index (χ3n) is 4.22. The number of benzene rings is 2. The van der Waals surface area contributed by atoms with Gasteiger partial charge >= 0.3 is 12.0 Å². The number of amides is 2. The van der Waals surface area contributed by atoms with Crippen LogP contribution in [0.25, 0.3) is 0 Å². The molecule has 0 spiro atoms. The first-order chi connectivity index (χ1) is 15.1. The van der Waals surface area contributed by atoms with Crippen molar-refractivity contribution in [2.24, 2.45) is 4.99 Å². The van der Waals surface area contributed by atoms with E-state index in [4.69, 9.17) is 21.4 Å². The Labute approximate surface area is 193 Å². The van der Waals surface area contributed by atoms with Crippen LogP contribution in [0.15, 0.2) is 47.5 Å². The Morgan fingerprint density at radius 1 is 1.12 bits per heavy atom. The number of nitrogens with zero attached hydrogens (tertiary/aromatic N) is 1. The highest BCUT2D eigenvalue weighted by molar-refractivity contribution is 6.30. The summed E-state index contributed by atoms with van der Waals surface area (Å²) in [6.07, 6.45) is -0.128. The molecule has 0 aromatic heterocycles. The number of carbonyl (C=O) groups excluding carboxylic acids is 1. The zero-order valence-corrected chi connectivity index (χ0v) is 19.4. The van der Waals surface area contributed by atoms with E-state index in [0.717, 1.165) is 16.9 Å². The van der Waals surface area contributed by atoms with Crippen molar-refractivity contribution in [2.45, 2.75) is 52.8 Å². The average Bonchev–Trinajstić information content (AvgIpc) is 2.68. The molecule has 2 rings (SSSR count). The fourth-order valence-corrected chi connectivity index (χ4v) is 2.93. The summed E-state index contributed by atoms with van der Waals surface area (Å²) in [5, 5.41) is 17.9. The van der Waals surface area contributed by atoms with E-state index in [0.29, 0.717) is 17.3 Å². The number of carboxylic acid groups (broad SMARTS) is 1. The molecule has 32 heavy (non-hydrogen) atoms. The summed E-state index contributed by atoms with van der Waals surface area (Å²) >= 11 is 5.93. The molecule has 1 atom stereocenters. The minimum absolute atomic E-state index is 0.0576. The van der Waals surface area contributed by atoms with E-state index in [-0.39, 0.29) is 18.5 Å². The number of aliphatic imine (C=N–C) groups is 1. The molecule has 2 aromatic carbocycles. The van der Waals surface area contributed by atoms with Crippen molar-refractivity contribution >= 4 is 35.2 Å². The van der Waals surface area contributed by atoms with Crippen LogP contribution in [0.4, 0.5) is 10.5 Å². The number of rotatable bonds is 8. The number of ether oxygens (including phenoxy) is 1. The Morgan fingerprint density at radius 2 is 1.81 bits per heavy atom. The van der Waals surface area contributed by atoms with Crippen LogP contribution in [0, 0.1) is 6.92 Å². The van der Waals surface area contributed by atoms with Gasteiger partial charge in [-0.2, -0.15) is 0 Å². The topological polar surface area (TPSA) is 112 Å². The zero-order valence-electron chi connectivity index (χ0n) is 18.6. The van der Waals surface area contributed by atoms with Crippen LogP contribution in [0.3, 0.4) is 0 Å². The van der Waals surface area contributed by atoms with E-state index < -0.39 is 18.0 Å². The third kappa shape index (κ3) is 8.85. The van der Waals surface area contributed by atoms with Gasteiger partial charge in [0.15, 0.2) is 0 Å². The van der Waals surface area contributed by atoms with E-state index >= 15 is 0 Å². The number of aliphatic carboxylic acids is 1. The van der Waals surface area contributed by atoms with Gasteiger partial charge in [-0.3, -0.25) is 10.1 Å². The molecule has 0 saturated heterocycles. The zero-order chi connectivity index (χ0) is 23.7. The van der Waals surface area contributed by atoms with E-state index in [2.05, 4.69) is 20.9 Å². The quantitative estimate of drug-likeness (QED) is 0.340. The lowest BCUT2D eigenvalue weighted by Gasteiger charge is -2.17. The summed E-state index contributed by atoms with van der Waals surface area (Å²) in [5.41, 5.74) is 2.56. The van der Waals surface area contributed by atoms with Gasteiger partial charge in [0.2, 0.25) is 5.96 Å². The van der Waals surface area contributed by atoms with Crippen LogP contribution < -0.4 is 20.7 Å². The van der Waals surface area contributed by atoms with Gasteiger partial charge in [0.05, 0.1) is 19.1 Å². The molecule has 0 heterocycles. The largest absolute Gasteiger partial charge is 0.491 e. The number of halogens is 1. The molecule has 4 N–H and O–H groups in total. The molecule has 172 valence electrons. The van der Waals surface area contributed by atoms with Gasteiger partial charge in [-0.05, 0) is 69.2 Å². The van der Waals surface area contributed by atoms with Crippen LogP contribution >= 0.6 is 11.6 Å². The smallest absolute Gasteiger partial charge is 0.321 e. The van der Waals surface area contributed by atoms with Crippen LogP contribution in [-0.4, -0.2) is 35.2 Å². The van der Waals surface area contributed by atoms with Crippen LogP contribution in [0.1, 0.15) is 38.3 Å². The third-order valence-corrected chi connectivity index (χ3v) is 4.48. The minimum atomic E-state index is -0.994. The van der Waals surface area contributed by atoms with E-state index in [1.54, 1.807) is 19.1 Å². The first kappa shape index (κ1) is 25.0. The Bertz CT molecular complexity index is 961. The summed E-state index contributed by atoms with van der Waals surface area (Å²) in [6.45, 7) is 7.77. The van der Waals surface area contributed by atoms with Crippen molar-refractivity contribution in [3.63, 3.8) is 0 Å². The standard InChI is InChI=1S/C23H29ClN4O4/c1-14(2)32-20-10-9-19(11-15(20)3)27-22(25-13-17-5-7-18(24)8-6-17)28-23(31)26-16(4)12-21(29)30/h5-11,14,16H,12-13H2,1-4H3,(H,29,30)(H3,25,26,27,28,31)/t16-/m1/s1. The highest BCUT2D eigenvalue weighted by Crippen LogP contribution is 2.23. The SMILES string of the molecule is Cc1cc(NC(=NCc2ccc(Cl)cc2)NC(=O)N[C@H](C)CC(=O)O)ccc1OC(C)C. The van der Waals surface area contributed by atoms with Crippen molar-refractivity contribution in [1.29, 1.82) is 0 Å². The molecular formula is C23H29ClN4O4. The predicted molar refractivity (Wildman–Crippen MR) is 127 cm³/mol. The molecule has 0 saturated carbocycles. The number of aryl methyl sites for hydroxylation is 1. The number of nitrogens with one attached hydrogen (secondary N) is 3. The van der Waals surface area contributed by atoms with Gasteiger partial charge in [0.1, 0.15) is 5.75 Å². The lowest BCUT2D eigenvalue weighted by Crippen LogP contribution is -2.46. The molecule has 2 aromatic rings. The number of guanidine groups is 1. The number of hydrogen-bond acceptors (Lipinski definition) is 4. The maximum Gasteiger partial charge on any atom is 0.321 e. The van der Waals surface area contributed by atoms with Gasteiger partial charge in [-0.25, -0.2) is 9.79 Å². The summed E-state index contributed by atoms with van der Waals surface area (Å²) in [7, 11) is 0. The normalized spacial score (nSPS) is 12.2. The number of urea groups is 1. The lowest BCUT2D eigenvalue weighted by atomic mass is 10.2. The molecule has 2 amide bonds. The van der Waals surface area contributed by atoms with Crippen LogP contribution in [0.2, 0.25) is 5.02 Å². The fourth-order valence-electron chi connectivity index (χ4n) is 2.80. The van der Waals surface area contributed by atoms with E-state index in [9.17, 15) is 9.59 Å². The van der Waals surface area contributed by atoms with Crippen LogP contribution in [-0.2, 0) is 11.3 Å².